The van der Waals surface area contributed by atoms with E-state index in [-0.39, 0.29) is 18.0 Å². The molecule has 1 aliphatic rings. The number of benzene rings is 1. The second-order valence-electron chi connectivity index (χ2n) is 7.48. The second kappa shape index (κ2) is 8.81. The molecule has 1 aromatic rings. The minimum Gasteiger partial charge on any atom is -0.495 e. The molecule has 1 saturated heterocycles. The van der Waals surface area contributed by atoms with E-state index in [1.165, 1.54) is 14.0 Å². The van der Waals surface area contributed by atoms with E-state index >= 15 is 0 Å². The predicted molar refractivity (Wildman–Crippen MR) is 106 cm³/mol. The van der Waals surface area contributed by atoms with E-state index in [4.69, 9.17) is 9.47 Å². The summed E-state index contributed by atoms with van der Waals surface area (Å²) in [5.74, 6) is 0.274. The summed E-state index contributed by atoms with van der Waals surface area (Å²) in [4.78, 5) is 39.2. The summed E-state index contributed by atoms with van der Waals surface area (Å²) in [5, 5.41) is 5.47. The molecule has 2 N–H and O–H groups in total. The zero-order chi connectivity index (χ0) is 20.9. The molecule has 0 aliphatic carbocycles. The van der Waals surface area contributed by atoms with Gasteiger partial charge in [-0.3, -0.25) is 4.79 Å². The third kappa shape index (κ3) is 6.04. The number of ether oxygens (including phenoxy) is 2. The molecule has 2 rings (SSSR count). The Hall–Kier alpha value is -2.97. The van der Waals surface area contributed by atoms with Gasteiger partial charge in [-0.1, -0.05) is 0 Å². The normalized spacial score (nSPS) is 14.3. The van der Waals surface area contributed by atoms with Crippen LogP contribution in [0.2, 0.25) is 0 Å². The molecule has 0 aromatic heterocycles. The Labute approximate surface area is 165 Å². The van der Waals surface area contributed by atoms with E-state index in [0.717, 1.165) is 0 Å². The smallest absolute Gasteiger partial charge is 0.410 e. The summed E-state index contributed by atoms with van der Waals surface area (Å²) >= 11 is 0. The van der Waals surface area contributed by atoms with Crippen LogP contribution in [0.4, 0.5) is 21.0 Å². The van der Waals surface area contributed by atoms with Crippen molar-refractivity contribution in [1.82, 2.24) is 9.80 Å². The van der Waals surface area contributed by atoms with Gasteiger partial charge in [-0.2, -0.15) is 0 Å². The second-order valence-corrected chi connectivity index (χ2v) is 7.48. The highest BCUT2D eigenvalue weighted by Gasteiger charge is 2.28. The van der Waals surface area contributed by atoms with Crippen LogP contribution in [0.15, 0.2) is 18.2 Å². The van der Waals surface area contributed by atoms with Gasteiger partial charge in [0, 0.05) is 38.8 Å². The van der Waals surface area contributed by atoms with Gasteiger partial charge in [-0.05, 0) is 39.0 Å². The number of hydrogen-bond acceptors (Lipinski definition) is 5. The molecule has 1 heterocycles. The van der Waals surface area contributed by atoms with Crippen LogP contribution in [0.25, 0.3) is 0 Å². The minimum absolute atomic E-state index is 0.208. The van der Waals surface area contributed by atoms with Gasteiger partial charge in [0.05, 0.1) is 12.8 Å². The number of nitrogens with zero attached hydrogens (tertiary/aromatic N) is 2. The minimum atomic E-state index is -0.554. The highest BCUT2D eigenvalue weighted by molar-refractivity contribution is 5.94. The molecule has 1 fully saturated rings. The van der Waals surface area contributed by atoms with Crippen LogP contribution in [-0.4, -0.2) is 66.7 Å². The average Bonchev–Trinajstić information content (AvgIpc) is 2.60. The topological polar surface area (TPSA) is 100 Å². The molecule has 1 aromatic carbocycles. The number of rotatable bonds is 3. The Morgan fingerprint density at radius 1 is 1.00 bits per heavy atom. The molecule has 0 spiro atoms. The van der Waals surface area contributed by atoms with Crippen LogP contribution < -0.4 is 15.4 Å². The van der Waals surface area contributed by atoms with E-state index in [2.05, 4.69) is 10.6 Å². The molecule has 0 atom stereocenters. The number of carbonyl (C=O) groups is 3. The van der Waals surface area contributed by atoms with Crippen molar-refractivity contribution in [3.8, 4) is 5.75 Å². The number of methoxy groups -OCH3 is 1. The van der Waals surface area contributed by atoms with Gasteiger partial charge in [0.2, 0.25) is 5.91 Å². The largest absolute Gasteiger partial charge is 0.495 e. The Balaban J connectivity index is 1.97. The molecule has 1 aliphatic heterocycles. The van der Waals surface area contributed by atoms with Gasteiger partial charge in [0.25, 0.3) is 0 Å². The van der Waals surface area contributed by atoms with Crippen molar-refractivity contribution < 1.29 is 23.9 Å². The van der Waals surface area contributed by atoms with Crippen molar-refractivity contribution in [3.05, 3.63) is 18.2 Å². The van der Waals surface area contributed by atoms with Crippen LogP contribution in [0.1, 0.15) is 27.7 Å². The first-order chi connectivity index (χ1) is 13.1. The Bertz CT molecular complexity index is 736. The van der Waals surface area contributed by atoms with Gasteiger partial charge < -0.3 is 29.9 Å². The number of anilines is 2. The van der Waals surface area contributed by atoms with Gasteiger partial charge in [-0.25, -0.2) is 9.59 Å². The van der Waals surface area contributed by atoms with Crippen LogP contribution in [0.5, 0.6) is 5.75 Å². The summed E-state index contributed by atoms with van der Waals surface area (Å²) in [5.41, 5.74) is 0.452. The SMILES string of the molecule is COc1ccc(NC(C)=O)cc1NC(=O)N1CCN(C(=O)OC(C)(C)C)CC1. The van der Waals surface area contributed by atoms with Gasteiger partial charge in [0.15, 0.2) is 0 Å². The van der Waals surface area contributed by atoms with E-state index in [1.54, 1.807) is 28.0 Å². The Kier molecular flexibility index (Phi) is 6.71. The summed E-state index contributed by atoms with van der Waals surface area (Å²) in [7, 11) is 1.50. The lowest BCUT2D eigenvalue weighted by molar-refractivity contribution is -0.114. The third-order valence-electron chi connectivity index (χ3n) is 3.98. The number of hydrogen-bond donors (Lipinski definition) is 2. The van der Waals surface area contributed by atoms with Crippen molar-refractivity contribution >= 4 is 29.4 Å². The van der Waals surface area contributed by atoms with Crippen molar-refractivity contribution in [3.63, 3.8) is 0 Å². The molecular weight excluding hydrogens is 364 g/mol. The monoisotopic (exact) mass is 392 g/mol. The zero-order valence-electron chi connectivity index (χ0n) is 17.0. The van der Waals surface area contributed by atoms with Gasteiger partial charge >= 0.3 is 12.1 Å². The molecular formula is C19H28N4O5. The molecule has 0 bridgehead atoms. The van der Waals surface area contributed by atoms with Gasteiger partial charge in [-0.15, -0.1) is 0 Å². The molecule has 154 valence electrons. The maximum Gasteiger partial charge on any atom is 0.410 e. The standard InChI is InChI=1S/C19H28N4O5/c1-13(24)20-14-6-7-16(27-5)15(12-14)21-17(25)22-8-10-23(11-9-22)18(26)28-19(2,3)4/h6-7,12H,8-11H2,1-5H3,(H,20,24)(H,21,25). The molecule has 0 saturated carbocycles. The number of urea groups is 1. The van der Waals surface area contributed by atoms with Crippen molar-refractivity contribution in [1.29, 1.82) is 0 Å². The van der Waals surface area contributed by atoms with E-state index in [0.29, 0.717) is 43.3 Å². The molecule has 9 nitrogen and oxygen atoms in total. The lowest BCUT2D eigenvalue weighted by atomic mass is 10.2. The number of nitrogens with one attached hydrogen (secondary N) is 2. The van der Waals surface area contributed by atoms with Crippen molar-refractivity contribution in [2.24, 2.45) is 0 Å². The van der Waals surface area contributed by atoms with Crippen LogP contribution in [0.3, 0.4) is 0 Å². The summed E-state index contributed by atoms with van der Waals surface area (Å²) in [6.07, 6.45) is -0.378. The fourth-order valence-electron chi connectivity index (χ4n) is 2.70. The zero-order valence-corrected chi connectivity index (χ0v) is 17.0. The van der Waals surface area contributed by atoms with E-state index in [1.807, 2.05) is 20.8 Å². The molecule has 4 amide bonds. The van der Waals surface area contributed by atoms with E-state index in [9.17, 15) is 14.4 Å². The fraction of sp³-hybridized carbons (Fsp3) is 0.526. The highest BCUT2D eigenvalue weighted by Crippen LogP contribution is 2.28. The molecule has 0 unspecified atom stereocenters. The van der Waals surface area contributed by atoms with Crippen molar-refractivity contribution in [2.75, 3.05) is 43.9 Å². The first-order valence-corrected chi connectivity index (χ1v) is 9.08. The summed E-state index contributed by atoms with van der Waals surface area (Å²) < 4.78 is 10.6. The lowest BCUT2D eigenvalue weighted by Gasteiger charge is -2.35. The number of carbonyl (C=O) groups excluding carboxylic acids is 3. The number of piperazine rings is 1. The first kappa shape index (κ1) is 21.3. The fourth-order valence-corrected chi connectivity index (χ4v) is 2.70. The Morgan fingerprint density at radius 3 is 2.14 bits per heavy atom. The van der Waals surface area contributed by atoms with Crippen molar-refractivity contribution in [2.45, 2.75) is 33.3 Å². The average molecular weight is 392 g/mol. The summed E-state index contributed by atoms with van der Waals surface area (Å²) in [6, 6.07) is 4.69. The van der Waals surface area contributed by atoms with Crippen LogP contribution in [0, 0.1) is 0 Å². The first-order valence-electron chi connectivity index (χ1n) is 9.08. The molecule has 0 radical (unpaired) electrons. The maximum absolute atomic E-state index is 12.6. The quantitative estimate of drug-likeness (QED) is 0.824. The predicted octanol–water partition coefficient (Wildman–Crippen LogP) is 2.74. The Morgan fingerprint density at radius 2 is 1.61 bits per heavy atom. The summed E-state index contributed by atoms with van der Waals surface area (Å²) in [6.45, 7) is 8.42. The highest BCUT2D eigenvalue weighted by atomic mass is 16.6. The van der Waals surface area contributed by atoms with Crippen LogP contribution >= 0.6 is 0 Å². The molecule has 28 heavy (non-hydrogen) atoms. The van der Waals surface area contributed by atoms with Crippen LogP contribution in [-0.2, 0) is 9.53 Å². The maximum atomic E-state index is 12.6. The van der Waals surface area contributed by atoms with E-state index < -0.39 is 5.60 Å². The number of amides is 4. The lowest BCUT2D eigenvalue weighted by Crippen LogP contribution is -2.52. The molecule has 9 heteroatoms. The third-order valence-corrected chi connectivity index (χ3v) is 3.98. The van der Waals surface area contributed by atoms with Gasteiger partial charge in [0.1, 0.15) is 11.4 Å².